The number of hydrogen-bond acceptors (Lipinski definition) is 3. The van der Waals surface area contributed by atoms with Crippen LogP contribution < -0.4 is 0 Å². The predicted molar refractivity (Wildman–Crippen MR) is 83.3 cm³/mol. The molecule has 0 fully saturated rings. The quantitative estimate of drug-likeness (QED) is 0.667. The molecule has 0 heterocycles. The van der Waals surface area contributed by atoms with E-state index in [1.165, 1.54) is 18.6 Å². The molecule has 1 unspecified atom stereocenters. The molecule has 110 valence electrons. The minimum absolute atomic E-state index is 0.0486. The van der Waals surface area contributed by atoms with Crippen LogP contribution in [0.25, 0.3) is 11.1 Å². The van der Waals surface area contributed by atoms with Crippen LogP contribution in [0.2, 0.25) is 0 Å². The van der Waals surface area contributed by atoms with Crippen LogP contribution in [0, 0.1) is 10.1 Å². The van der Waals surface area contributed by atoms with Crippen molar-refractivity contribution in [2.24, 2.45) is 0 Å². The third kappa shape index (κ3) is 3.28. The van der Waals surface area contributed by atoms with Crippen LogP contribution in [0.3, 0.4) is 0 Å². The van der Waals surface area contributed by atoms with Gasteiger partial charge in [-0.25, -0.2) is 0 Å². The Balaban J connectivity index is 2.45. The maximum Gasteiger partial charge on any atom is 0.275 e. The third-order valence-corrected chi connectivity index (χ3v) is 3.59. The molecule has 0 aliphatic rings. The van der Waals surface area contributed by atoms with Crippen molar-refractivity contribution in [1.82, 2.24) is 0 Å². The Morgan fingerprint density at radius 1 is 1.00 bits per heavy atom. The third-order valence-electron chi connectivity index (χ3n) is 3.59. The molecule has 0 aliphatic heterocycles. The molecule has 0 radical (unpaired) electrons. The molecule has 4 heteroatoms. The van der Waals surface area contributed by atoms with E-state index < -0.39 is 11.0 Å². The van der Waals surface area contributed by atoms with E-state index in [-0.39, 0.29) is 5.69 Å². The highest BCUT2D eigenvalue weighted by atomic mass is 16.6. The van der Waals surface area contributed by atoms with Gasteiger partial charge >= 0.3 is 0 Å². The molecule has 0 saturated carbocycles. The first kappa shape index (κ1) is 15.2. The molecule has 0 saturated heterocycles. The Morgan fingerprint density at radius 3 is 2.05 bits per heavy atom. The van der Waals surface area contributed by atoms with Crippen LogP contribution >= 0.6 is 0 Å². The van der Waals surface area contributed by atoms with Gasteiger partial charge in [-0.3, -0.25) is 10.1 Å². The zero-order chi connectivity index (χ0) is 15.6. The lowest BCUT2D eigenvalue weighted by Gasteiger charge is -2.10. The summed E-state index contributed by atoms with van der Waals surface area (Å²) in [5, 5.41) is 20.7. The first-order chi connectivity index (χ1) is 9.90. The summed E-state index contributed by atoms with van der Waals surface area (Å²) in [4.78, 5) is 10.5. The number of aliphatic hydroxyl groups excluding tert-OH is 1. The minimum Gasteiger partial charge on any atom is -0.388 e. The Labute approximate surface area is 124 Å². The number of nitrogens with zero attached hydrogens (tertiary/aromatic N) is 1. The highest BCUT2D eigenvalue weighted by Crippen LogP contribution is 2.31. The second-order valence-electron chi connectivity index (χ2n) is 5.48. The van der Waals surface area contributed by atoms with Gasteiger partial charge in [-0.2, -0.15) is 0 Å². The van der Waals surface area contributed by atoms with Gasteiger partial charge in [-0.1, -0.05) is 38.1 Å². The average Bonchev–Trinajstić information content (AvgIpc) is 2.46. The Morgan fingerprint density at radius 2 is 1.57 bits per heavy atom. The van der Waals surface area contributed by atoms with Gasteiger partial charge in [-0.15, -0.1) is 0 Å². The van der Waals surface area contributed by atoms with Gasteiger partial charge in [0.25, 0.3) is 5.69 Å². The number of benzene rings is 2. The van der Waals surface area contributed by atoms with Crippen molar-refractivity contribution in [1.29, 1.82) is 0 Å². The molecule has 1 N–H and O–H groups in total. The van der Waals surface area contributed by atoms with Crippen LogP contribution in [0.15, 0.2) is 42.5 Å². The topological polar surface area (TPSA) is 63.4 Å². The molecule has 0 aromatic heterocycles. The van der Waals surface area contributed by atoms with E-state index in [4.69, 9.17) is 0 Å². The van der Waals surface area contributed by atoms with E-state index in [0.29, 0.717) is 11.5 Å². The maximum atomic E-state index is 11.0. The zero-order valence-electron chi connectivity index (χ0n) is 12.4. The normalized spacial score (nSPS) is 12.4. The number of aliphatic hydroxyl groups is 1. The molecular formula is C17H19NO3. The number of nitro groups is 1. The molecule has 0 spiro atoms. The van der Waals surface area contributed by atoms with Crippen molar-refractivity contribution in [2.75, 3.05) is 0 Å². The summed E-state index contributed by atoms with van der Waals surface area (Å²) in [6, 6.07) is 13.0. The molecule has 2 aromatic carbocycles. The highest BCUT2D eigenvalue weighted by molar-refractivity contribution is 5.67. The SMILES string of the molecule is CC(C)c1ccc(-c2ccc([N+](=O)[O-])c(C(C)O)c2)cc1. The first-order valence-corrected chi connectivity index (χ1v) is 6.97. The monoisotopic (exact) mass is 285 g/mol. The van der Waals surface area contributed by atoms with E-state index in [2.05, 4.69) is 26.0 Å². The minimum atomic E-state index is -0.875. The number of hydrogen-bond donors (Lipinski definition) is 1. The highest BCUT2D eigenvalue weighted by Gasteiger charge is 2.18. The summed E-state index contributed by atoms with van der Waals surface area (Å²) in [6.07, 6.45) is -0.875. The Hall–Kier alpha value is -2.20. The molecule has 0 bridgehead atoms. The van der Waals surface area contributed by atoms with Gasteiger partial charge in [0.1, 0.15) is 0 Å². The van der Waals surface area contributed by atoms with Gasteiger partial charge in [0.2, 0.25) is 0 Å². The number of rotatable bonds is 4. The lowest BCUT2D eigenvalue weighted by atomic mass is 9.96. The largest absolute Gasteiger partial charge is 0.388 e. The Kier molecular flexibility index (Phi) is 4.38. The second-order valence-corrected chi connectivity index (χ2v) is 5.48. The van der Waals surface area contributed by atoms with Crippen molar-refractivity contribution in [3.05, 3.63) is 63.7 Å². The maximum absolute atomic E-state index is 11.0. The van der Waals surface area contributed by atoms with Crippen LogP contribution in [0.1, 0.15) is 43.9 Å². The van der Waals surface area contributed by atoms with E-state index in [9.17, 15) is 15.2 Å². The fourth-order valence-electron chi connectivity index (χ4n) is 2.30. The second kappa shape index (κ2) is 6.06. The molecule has 4 nitrogen and oxygen atoms in total. The molecule has 0 amide bonds. The van der Waals surface area contributed by atoms with Crippen LogP contribution in [-0.4, -0.2) is 10.0 Å². The van der Waals surface area contributed by atoms with Gasteiger partial charge in [0.15, 0.2) is 0 Å². The fraction of sp³-hybridized carbons (Fsp3) is 0.294. The van der Waals surface area contributed by atoms with Gasteiger partial charge in [-0.05, 0) is 41.7 Å². The molecule has 21 heavy (non-hydrogen) atoms. The van der Waals surface area contributed by atoms with E-state index in [0.717, 1.165) is 11.1 Å². The summed E-state index contributed by atoms with van der Waals surface area (Å²) in [7, 11) is 0. The Bertz CT molecular complexity index is 646. The summed E-state index contributed by atoms with van der Waals surface area (Å²) < 4.78 is 0. The molecule has 2 aromatic rings. The predicted octanol–water partition coefficient (Wildman–Crippen LogP) is 4.44. The van der Waals surface area contributed by atoms with E-state index >= 15 is 0 Å². The number of nitro benzene ring substituents is 1. The first-order valence-electron chi connectivity index (χ1n) is 6.97. The molecule has 2 rings (SSSR count). The van der Waals surface area contributed by atoms with Crippen molar-refractivity contribution in [3.8, 4) is 11.1 Å². The van der Waals surface area contributed by atoms with Crippen LogP contribution in [0.5, 0.6) is 0 Å². The van der Waals surface area contributed by atoms with Crippen molar-refractivity contribution >= 4 is 5.69 Å². The fourth-order valence-corrected chi connectivity index (χ4v) is 2.30. The summed E-state index contributed by atoms with van der Waals surface area (Å²) in [5.74, 6) is 0.462. The van der Waals surface area contributed by atoms with Gasteiger partial charge in [0.05, 0.1) is 16.6 Å². The zero-order valence-corrected chi connectivity index (χ0v) is 12.4. The summed E-state index contributed by atoms with van der Waals surface area (Å²) in [6.45, 7) is 5.80. The van der Waals surface area contributed by atoms with E-state index in [1.807, 2.05) is 12.1 Å². The van der Waals surface area contributed by atoms with E-state index in [1.54, 1.807) is 12.1 Å². The molecule has 0 aliphatic carbocycles. The smallest absolute Gasteiger partial charge is 0.275 e. The van der Waals surface area contributed by atoms with Crippen LogP contribution in [0.4, 0.5) is 5.69 Å². The lowest BCUT2D eigenvalue weighted by Crippen LogP contribution is -1.99. The van der Waals surface area contributed by atoms with Crippen molar-refractivity contribution in [3.63, 3.8) is 0 Å². The molecular weight excluding hydrogens is 266 g/mol. The van der Waals surface area contributed by atoms with Gasteiger partial charge in [0, 0.05) is 6.07 Å². The standard InChI is InChI=1S/C17H19NO3/c1-11(2)13-4-6-14(7-5-13)15-8-9-17(18(20)21)16(10-15)12(3)19/h4-12,19H,1-3H3. The lowest BCUT2D eigenvalue weighted by molar-refractivity contribution is -0.386. The summed E-state index contributed by atoms with van der Waals surface area (Å²) >= 11 is 0. The van der Waals surface area contributed by atoms with Crippen molar-refractivity contribution < 1.29 is 10.0 Å². The summed E-state index contributed by atoms with van der Waals surface area (Å²) in [5.41, 5.74) is 3.39. The molecule has 1 atom stereocenters. The van der Waals surface area contributed by atoms with Gasteiger partial charge < -0.3 is 5.11 Å². The average molecular weight is 285 g/mol. The van der Waals surface area contributed by atoms with Crippen molar-refractivity contribution in [2.45, 2.75) is 32.8 Å². The van der Waals surface area contributed by atoms with Crippen LogP contribution in [-0.2, 0) is 0 Å².